The fraction of sp³-hybridized carbons (Fsp3) is 0.222. The Kier molecular flexibility index (Phi) is 6.65. The van der Waals surface area contributed by atoms with Crippen molar-refractivity contribution < 1.29 is 19.1 Å². The largest absolute Gasteiger partial charge is 0.503 e. The van der Waals surface area contributed by atoms with Gasteiger partial charge in [-0.3, -0.25) is 9.97 Å². The summed E-state index contributed by atoms with van der Waals surface area (Å²) in [7, 11) is 2.79. The topological polar surface area (TPSA) is 82.9 Å². The Balaban J connectivity index is 2.18. The maximum absolute atomic E-state index is 12.0. The van der Waals surface area contributed by atoms with Crippen LogP contribution in [0.2, 0.25) is 0 Å². The van der Waals surface area contributed by atoms with Crippen LogP contribution in [0.25, 0.3) is 5.57 Å². The summed E-state index contributed by atoms with van der Waals surface area (Å²) in [5.74, 6) is -0.492. The second-order valence-electron chi connectivity index (χ2n) is 4.96. The van der Waals surface area contributed by atoms with Crippen LogP contribution in [0.1, 0.15) is 23.7 Å². The number of nitrogens with zero attached hydrogens (tertiary/aromatic N) is 3. The fourth-order valence-corrected chi connectivity index (χ4v) is 2.09. The standard InChI is InChI=1S/C18H19N3O4/c1-13(17-10-19-8-9-20-17)21-25-11-14-6-4-5-7-15(14)16(12-23-2)18(22)24-3/h4-10,12H,11H2,1-3H3/b16-12+,21-13+. The van der Waals surface area contributed by atoms with Gasteiger partial charge in [0.05, 0.1) is 26.7 Å². The highest BCUT2D eigenvalue weighted by Gasteiger charge is 2.16. The van der Waals surface area contributed by atoms with Crippen LogP contribution in [0, 0.1) is 0 Å². The highest BCUT2D eigenvalue weighted by atomic mass is 16.6. The summed E-state index contributed by atoms with van der Waals surface area (Å²) < 4.78 is 9.79. The lowest BCUT2D eigenvalue weighted by molar-refractivity contribution is -0.133. The second kappa shape index (κ2) is 9.17. The summed E-state index contributed by atoms with van der Waals surface area (Å²) in [5.41, 5.74) is 2.96. The van der Waals surface area contributed by atoms with E-state index in [1.54, 1.807) is 31.6 Å². The highest BCUT2D eigenvalue weighted by Crippen LogP contribution is 2.21. The molecular weight excluding hydrogens is 322 g/mol. The van der Waals surface area contributed by atoms with Gasteiger partial charge in [-0.1, -0.05) is 29.4 Å². The number of esters is 1. The molecule has 0 saturated carbocycles. The van der Waals surface area contributed by atoms with Crippen molar-refractivity contribution in [2.75, 3.05) is 14.2 Å². The molecule has 0 amide bonds. The van der Waals surface area contributed by atoms with E-state index in [-0.39, 0.29) is 6.61 Å². The molecule has 0 spiro atoms. The molecule has 1 aromatic heterocycles. The molecule has 130 valence electrons. The zero-order valence-electron chi connectivity index (χ0n) is 14.3. The minimum atomic E-state index is -0.492. The third-order valence-corrected chi connectivity index (χ3v) is 3.30. The molecule has 7 nitrogen and oxygen atoms in total. The molecular formula is C18H19N3O4. The van der Waals surface area contributed by atoms with Crippen molar-refractivity contribution in [3.05, 3.63) is 65.9 Å². The van der Waals surface area contributed by atoms with Crippen LogP contribution in [0.5, 0.6) is 0 Å². The summed E-state index contributed by atoms with van der Waals surface area (Å²) in [6, 6.07) is 7.30. The molecule has 0 bridgehead atoms. The van der Waals surface area contributed by atoms with E-state index in [4.69, 9.17) is 14.3 Å². The van der Waals surface area contributed by atoms with E-state index in [1.165, 1.54) is 20.5 Å². The number of hydrogen-bond donors (Lipinski definition) is 0. The quantitative estimate of drug-likeness (QED) is 0.253. The molecule has 2 aromatic rings. The van der Waals surface area contributed by atoms with Gasteiger partial charge in [0.25, 0.3) is 0 Å². The summed E-state index contributed by atoms with van der Waals surface area (Å²) in [6.45, 7) is 1.95. The average Bonchev–Trinajstić information content (AvgIpc) is 2.66. The number of benzene rings is 1. The Hall–Kier alpha value is -3.22. The number of methoxy groups -OCH3 is 2. The smallest absolute Gasteiger partial charge is 0.341 e. The van der Waals surface area contributed by atoms with Crippen molar-refractivity contribution in [3.63, 3.8) is 0 Å². The Bertz CT molecular complexity index is 773. The van der Waals surface area contributed by atoms with E-state index in [2.05, 4.69) is 15.1 Å². The highest BCUT2D eigenvalue weighted by molar-refractivity contribution is 6.16. The minimum absolute atomic E-state index is 0.172. The van der Waals surface area contributed by atoms with Crippen LogP contribution in [0.3, 0.4) is 0 Å². The Morgan fingerprint density at radius 1 is 1.24 bits per heavy atom. The first-order valence-electron chi connectivity index (χ1n) is 7.50. The van der Waals surface area contributed by atoms with Crippen molar-refractivity contribution >= 4 is 17.3 Å². The van der Waals surface area contributed by atoms with Gasteiger partial charge in [-0.15, -0.1) is 0 Å². The number of hydrogen-bond acceptors (Lipinski definition) is 7. The lowest BCUT2D eigenvalue weighted by Crippen LogP contribution is -2.07. The summed E-state index contributed by atoms with van der Waals surface area (Å²) in [4.78, 5) is 25.5. The molecule has 0 aliphatic carbocycles. The SMILES string of the molecule is CO/C=C(/C(=O)OC)c1ccccc1CO/N=C(\C)c1cnccn1. The van der Waals surface area contributed by atoms with Crippen molar-refractivity contribution in [1.29, 1.82) is 0 Å². The first-order chi connectivity index (χ1) is 12.2. The molecule has 1 heterocycles. The second-order valence-corrected chi connectivity index (χ2v) is 4.96. The zero-order chi connectivity index (χ0) is 18.1. The molecule has 25 heavy (non-hydrogen) atoms. The molecule has 0 atom stereocenters. The number of carbonyl (C=O) groups excluding carboxylic acids is 1. The van der Waals surface area contributed by atoms with Gasteiger partial charge in [0.1, 0.15) is 23.6 Å². The molecule has 0 aliphatic heterocycles. The first kappa shape index (κ1) is 18.1. The monoisotopic (exact) mass is 341 g/mol. The number of oxime groups is 1. The molecule has 2 rings (SSSR count). The van der Waals surface area contributed by atoms with Crippen LogP contribution in [0.15, 0.2) is 54.3 Å². The van der Waals surface area contributed by atoms with Crippen LogP contribution < -0.4 is 0 Å². The van der Waals surface area contributed by atoms with Gasteiger partial charge >= 0.3 is 5.97 Å². The van der Waals surface area contributed by atoms with Gasteiger partial charge in [0.15, 0.2) is 0 Å². The van der Waals surface area contributed by atoms with Gasteiger partial charge in [0, 0.05) is 18.0 Å². The van der Waals surface area contributed by atoms with Crippen molar-refractivity contribution in [1.82, 2.24) is 9.97 Å². The average molecular weight is 341 g/mol. The maximum Gasteiger partial charge on any atom is 0.341 e. The molecule has 0 saturated heterocycles. The van der Waals surface area contributed by atoms with Gasteiger partial charge in [-0.05, 0) is 12.5 Å². The van der Waals surface area contributed by atoms with Crippen LogP contribution in [-0.2, 0) is 25.7 Å². The van der Waals surface area contributed by atoms with E-state index in [0.717, 1.165) is 5.56 Å². The Morgan fingerprint density at radius 2 is 2.04 bits per heavy atom. The molecule has 0 unspecified atom stereocenters. The van der Waals surface area contributed by atoms with Crippen molar-refractivity contribution in [3.8, 4) is 0 Å². The lowest BCUT2D eigenvalue weighted by atomic mass is 10.0. The number of aromatic nitrogens is 2. The third kappa shape index (κ3) is 4.87. The van der Waals surface area contributed by atoms with Crippen LogP contribution in [0.4, 0.5) is 0 Å². The van der Waals surface area contributed by atoms with Gasteiger partial charge in [-0.2, -0.15) is 0 Å². The Morgan fingerprint density at radius 3 is 2.72 bits per heavy atom. The van der Waals surface area contributed by atoms with Crippen molar-refractivity contribution in [2.45, 2.75) is 13.5 Å². The predicted molar refractivity (Wildman–Crippen MR) is 92.5 cm³/mol. The van der Waals surface area contributed by atoms with Crippen LogP contribution in [-0.4, -0.2) is 35.9 Å². The third-order valence-electron chi connectivity index (χ3n) is 3.30. The van der Waals surface area contributed by atoms with E-state index < -0.39 is 5.97 Å². The maximum atomic E-state index is 12.0. The minimum Gasteiger partial charge on any atom is -0.503 e. The zero-order valence-corrected chi connectivity index (χ0v) is 14.3. The van der Waals surface area contributed by atoms with E-state index >= 15 is 0 Å². The fourth-order valence-electron chi connectivity index (χ4n) is 2.09. The van der Waals surface area contributed by atoms with E-state index in [0.29, 0.717) is 22.5 Å². The number of ether oxygens (including phenoxy) is 2. The van der Waals surface area contributed by atoms with E-state index in [9.17, 15) is 4.79 Å². The molecule has 7 heteroatoms. The number of carbonyl (C=O) groups is 1. The molecule has 0 N–H and O–H groups in total. The summed E-state index contributed by atoms with van der Waals surface area (Å²) in [6.07, 6.45) is 6.12. The van der Waals surface area contributed by atoms with E-state index in [1.807, 2.05) is 18.2 Å². The first-order valence-corrected chi connectivity index (χ1v) is 7.50. The Labute approximate surface area is 146 Å². The molecule has 0 fully saturated rings. The van der Waals surface area contributed by atoms with Gasteiger partial charge in [0.2, 0.25) is 0 Å². The predicted octanol–water partition coefficient (Wildman–Crippen LogP) is 2.58. The van der Waals surface area contributed by atoms with Crippen LogP contribution >= 0.6 is 0 Å². The molecule has 0 aliphatic rings. The van der Waals surface area contributed by atoms with Gasteiger partial charge in [-0.25, -0.2) is 4.79 Å². The normalized spacial score (nSPS) is 11.8. The molecule has 0 radical (unpaired) electrons. The van der Waals surface area contributed by atoms with Crippen molar-refractivity contribution in [2.24, 2.45) is 5.16 Å². The molecule has 1 aromatic carbocycles. The summed E-state index contributed by atoms with van der Waals surface area (Å²) >= 11 is 0. The van der Waals surface area contributed by atoms with Gasteiger partial charge < -0.3 is 14.3 Å². The lowest BCUT2D eigenvalue weighted by Gasteiger charge is -2.11. The summed E-state index contributed by atoms with van der Waals surface area (Å²) in [5, 5.41) is 4.05. The number of rotatable bonds is 7.